The number of hydrogen-bond donors (Lipinski definition) is 1. The molecule has 1 N–H and O–H groups in total. The van der Waals surface area contributed by atoms with Crippen molar-refractivity contribution in [2.24, 2.45) is 4.99 Å². The Morgan fingerprint density at radius 3 is 2.66 bits per heavy atom. The molecule has 2 unspecified atom stereocenters. The fourth-order valence-corrected chi connectivity index (χ4v) is 6.73. The number of piperazine rings is 1. The number of allylic oxidation sites excluding steroid dienone is 1. The van der Waals surface area contributed by atoms with E-state index in [0.29, 0.717) is 17.8 Å². The highest BCUT2D eigenvalue weighted by Crippen LogP contribution is 2.33. The fourth-order valence-electron chi connectivity index (χ4n) is 5.12. The van der Waals surface area contributed by atoms with Crippen molar-refractivity contribution in [3.05, 3.63) is 39.9 Å². The third-order valence-corrected chi connectivity index (χ3v) is 8.71. The lowest BCUT2D eigenvalue weighted by Crippen LogP contribution is -2.62. The number of anilines is 1. The van der Waals surface area contributed by atoms with Gasteiger partial charge in [-0.25, -0.2) is 4.99 Å². The summed E-state index contributed by atoms with van der Waals surface area (Å²) in [6.07, 6.45) is 2.71. The van der Waals surface area contributed by atoms with Crippen LogP contribution in [0, 0.1) is 0 Å². The quantitative estimate of drug-likeness (QED) is 0.722. The molecule has 0 aliphatic carbocycles. The van der Waals surface area contributed by atoms with E-state index in [1.54, 1.807) is 0 Å². The summed E-state index contributed by atoms with van der Waals surface area (Å²) in [7, 11) is 1.13. The average Bonchev–Trinajstić information content (AvgIpc) is 3.17. The predicted molar refractivity (Wildman–Crippen MR) is 130 cm³/mol. The highest BCUT2D eigenvalue weighted by atomic mass is 35.5. The molecule has 0 amide bonds. The second-order valence-electron chi connectivity index (χ2n) is 9.05. The summed E-state index contributed by atoms with van der Waals surface area (Å²) >= 11 is 6.07. The number of nitrogens with one attached hydrogen (secondary N) is 1. The molecule has 1 aromatic rings. The summed E-state index contributed by atoms with van der Waals surface area (Å²) in [5.41, 5.74) is 2.23. The van der Waals surface area contributed by atoms with Crippen molar-refractivity contribution in [3.8, 4) is 0 Å². The van der Waals surface area contributed by atoms with Crippen molar-refractivity contribution in [1.82, 2.24) is 15.1 Å². The van der Waals surface area contributed by atoms with Crippen molar-refractivity contribution in [2.45, 2.75) is 44.4 Å². The van der Waals surface area contributed by atoms with Gasteiger partial charge >= 0.3 is 0 Å². The molecule has 2 fully saturated rings. The molecule has 0 radical (unpaired) electrons. The Balaban J connectivity index is 1.35. The van der Waals surface area contributed by atoms with Crippen LogP contribution in [0.5, 0.6) is 0 Å². The van der Waals surface area contributed by atoms with E-state index in [-0.39, 0.29) is 6.17 Å². The first-order valence-electron chi connectivity index (χ1n) is 11.5. The number of halogens is 1. The number of ether oxygens (including phenoxy) is 1. The summed E-state index contributed by atoms with van der Waals surface area (Å²) in [4.78, 5) is 13.1. The first-order valence-corrected chi connectivity index (χ1v) is 13.2. The normalized spacial score (nSPS) is 29.4. The molecule has 174 valence electrons. The van der Waals surface area contributed by atoms with Crippen LogP contribution in [0.3, 0.4) is 0 Å². The molecule has 32 heavy (non-hydrogen) atoms. The summed E-state index contributed by atoms with van der Waals surface area (Å²) < 4.78 is 18.4. The molecule has 3 atom stereocenters. The van der Waals surface area contributed by atoms with Gasteiger partial charge in [0.1, 0.15) is 6.17 Å². The standard InChI is InChI=1S/C23H32ClN5O2S/c1-16-15-28(19-5-3-17(24)4-6-19)10-11-29(16)23-26-20-9-14-32(30)21(20)22(27(23)2)25-18-7-12-31-13-8-18/h3-6,16,18,22,25H,7-15H2,1-2H3/t16-,22?,32?/m0/s1. The fraction of sp³-hybridized carbons (Fsp3) is 0.609. The van der Waals surface area contributed by atoms with Crippen molar-refractivity contribution in [2.75, 3.05) is 50.5 Å². The van der Waals surface area contributed by atoms with Gasteiger partial charge in [0.25, 0.3) is 0 Å². The van der Waals surface area contributed by atoms with Crippen LogP contribution < -0.4 is 10.2 Å². The van der Waals surface area contributed by atoms with E-state index in [1.807, 2.05) is 12.1 Å². The van der Waals surface area contributed by atoms with Gasteiger partial charge in [0, 0.05) is 74.9 Å². The SMILES string of the molecule is C[C@H]1CN(c2ccc(Cl)cc2)CCN1C1=NC2=C(C(NC3CCOCC3)N1C)S(=O)CC2. The van der Waals surface area contributed by atoms with E-state index >= 15 is 0 Å². The van der Waals surface area contributed by atoms with Gasteiger partial charge in [-0.1, -0.05) is 11.6 Å². The molecule has 4 heterocycles. The van der Waals surface area contributed by atoms with E-state index in [0.717, 1.165) is 73.7 Å². The van der Waals surface area contributed by atoms with Gasteiger partial charge in [-0.3, -0.25) is 9.53 Å². The average molecular weight is 478 g/mol. The van der Waals surface area contributed by atoms with Crippen LogP contribution in [0.1, 0.15) is 26.2 Å². The predicted octanol–water partition coefficient (Wildman–Crippen LogP) is 2.61. The third kappa shape index (κ3) is 4.30. The van der Waals surface area contributed by atoms with Crippen LogP contribution in [0.25, 0.3) is 0 Å². The van der Waals surface area contributed by atoms with Gasteiger partial charge < -0.3 is 19.4 Å². The highest BCUT2D eigenvalue weighted by molar-refractivity contribution is 7.89. The van der Waals surface area contributed by atoms with E-state index in [2.05, 4.69) is 46.1 Å². The molecule has 0 aromatic heterocycles. The minimum Gasteiger partial charge on any atom is -0.381 e. The first kappa shape index (κ1) is 22.2. The van der Waals surface area contributed by atoms with Gasteiger partial charge in [0.2, 0.25) is 5.96 Å². The molecule has 0 spiro atoms. The van der Waals surface area contributed by atoms with Crippen LogP contribution in [0.2, 0.25) is 5.02 Å². The molecule has 0 bridgehead atoms. The Morgan fingerprint density at radius 1 is 1.19 bits per heavy atom. The summed E-state index contributed by atoms with van der Waals surface area (Å²) in [5, 5.41) is 4.56. The van der Waals surface area contributed by atoms with Gasteiger partial charge in [0.15, 0.2) is 0 Å². The van der Waals surface area contributed by atoms with Crippen molar-refractivity contribution in [1.29, 1.82) is 0 Å². The highest BCUT2D eigenvalue weighted by Gasteiger charge is 2.40. The topological polar surface area (TPSA) is 60.4 Å². The van der Waals surface area contributed by atoms with Crippen LogP contribution >= 0.6 is 11.6 Å². The minimum absolute atomic E-state index is 0.0644. The number of aliphatic imine (C=N–C) groups is 1. The number of hydrogen-bond acceptors (Lipinski definition) is 7. The number of rotatable bonds is 3. The number of benzene rings is 1. The van der Waals surface area contributed by atoms with Gasteiger partial charge in [-0.15, -0.1) is 0 Å². The first-order chi connectivity index (χ1) is 15.5. The van der Waals surface area contributed by atoms with Gasteiger partial charge in [0.05, 0.1) is 21.4 Å². The molecule has 4 aliphatic rings. The van der Waals surface area contributed by atoms with Gasteiger partial charge in [-0.2, -0.15) is 0 Å². The summed E-state index contributed by atoms with van der Waals surface area (Å²) in [6.45, 7) is 6.57. The number of likely N-dealkylation sites (N-methyl/N-ethyl adjacent to an activating group) is 1. The molecule has 9 heteroatoms. The monoisotopic (exact) mass is 477 g/mol. The lowest BCUT2D eigenvalue weighted by molar-refractivity contribution is 0.0710. The zero-order chi connectivity index (χ0) is 22.2. The summed E-state index contributed by atoms with van der Waals surface area (Å²) in [6, 6.07) is 8.77. The molecule has 0 saturated carbocycles. The molecule has 1 aromatic carbocycles. The Kier molecular flexibility index (Phi) is 6.47. The van der Waals surface area contributed by atoms with Crippen molar-refractivity contribution < 1.29 is 8.95 Å². The van der Waals surface area contributed by atoms with Crippen LogP contribution in [-0.2, 0) is 15.5 Å². The number of nitrogens with zero attached hydrogens (tertiary/aromatic N) is 4. The Morgan fingerprint density at radius 2 is 1.94 bits per heavy atom. The zero-order valence-electron chi connectivity index (χ0n) is 18.8. The molecule has 7 nitrogen and oxygen atoms in total. The summed E-state index contributed by atoms with van der Waals surface area (Å²) in [5.74, 6) is 1.68. The lowest BCUT2D eigenvalue weighted by Gasteiger charge is -2.47. The smallest absolute Gasteiger partial charge is 0.203 e. The number of guanidine groups is 1. The van der Waals surface area contributed by atoms with Crippen molar-refractivity contribution >= 4 is 34.0 Å². The Bertz CT molecular complexity index is 931. The Labute approximate surface area is 197 Å². The van der Waals surface area contributed by atoms with E-state index in [9.17, 15) is 4.21 Å². The molecule has 5 rings (SSSR count). The maximum atomic E-state index is 12.8. The molecule has 2 saturated heterocycles. The third-order valence-electron chi connectivity index (χ3n) is 6.93. The van der Waals surface area contributed by atoms with Gasteiger partial charge in [-0.05, 0) is 44.0 Å². The largest absolute Gasteiger partial charge is 0.381 e. The van der Waals surface area contributed by atoms with E-state index < -0.39 is 10.8 Å². The maximum absolute atomic E-state index is 12.8. The van der Waals surface area contributed by atoms with Crippen LogP contribution in [-0.4, -0.2) is 83.9 Å². The second-order valence-corrected chi connectivity index (χ2v) is 11.0. The second kappa shape index (κ2) is 9.33. The van der Waals surface area contributed by atoms with Crippen molar-refractivity contribution in [3.63, 3.8) is 0 Å². The van der Waals surface area contributed by atoms with E-state index in [1.165, 1.54) is 5.69 Å². The molecule has 4 aliphatic heterocycles. The van der Waals surface area contributed by atoms with E-state index in [4.69, 9.17) is 21.3 Å². The minimum atomic E-state index is -0.956. The lowest BCUT2D eigenvalue weighted by atomic mass is 10.1. The van der Waals surface area contributed by atoms with Crippen LogP contribution in [0.4, 0.5) is 5.69 Å². The maximum Gasteiger partial charge on any atom is 0.203 e. The van der Waals surface area contributed by atoms with Crippen LogP contribution in [0.15, 0.2) is 39.9 Å². The zero-order valence-corrected chi connectivity index (χ0v) is 20.4. The Hall–Kier alpha value is -1.61. The molecular weight excluding hydrogens is 446 g/mol. The molecular formula is C23H32ClN5O2S.